The van der Waals surface area contributed by atoms with Crippen molar-refractivity contribution in [1.29, 1.82) is 0 Å². The Bertz CT molecular complexity index is 901. The first-order valence-electron chi connectivity index (χ1n) is 7.01. The van der Waals surface area contributed by atoms with Gasteiger partial charge in [-0.2, -0.15) is 0 Å². The van der Waals surface area contributed by atoms with Crippen LogP contribution < -0.4 is 69.3 Å². The van der Waals surface area contributed by atoms with E-state index in [-0.39, 0.29) is 76.2 Å². The molecule has 1 aromatic heterocycles. The van der Waals surface area contributed by atoms with Crippen LogP contribution in [0.15, 0.2) is 65.4 Å². The topological polar surface area (TPSA) is 106 Å². The van der Waals surface area contributed by atoms with Crippen molar-refractivity contribution >= 4 is 23.5 Å². The van der Waals surface area contributed by atoms with Crippen LogP contribution in [-0.2, 0) is 4.79 Å². The zero-order valence-electron chi connectivity index (χ0n) is 14.3. The summed E-state index contributed by atoms with van der Waals surface area (Å²) in [4.78, 5) is 30.9. The Morgan fingerprint density at radius 1 is 0.962 bits per heavy atom. The fraction of sp³-hybridized carbons (Fsp3) is 0. The molecule has 118 valence electrons. The van der Waals surface area contributed by atoms with Gasteiger partial charge >= 0.3 is 59.1 Å². The number of aliphatic imine (C=N–C) groups is 1. The fourth-order valence-corrected chi connectivity index (χ4v) is 2.34. The van der Waals surface area contributed by atoms with Crippen LogP contribution in [0.25, 0.3) is 5.57 Å². The average Bonchev–Trinajstić information content (AvgIpc) is 2.59. The minimum atomic E-state index is -1.34. The van der Waals surface area contributed by atoms with Crippen LogP contribution in [0.4, 0.5) is 0 Å². The van der Waals surface area contributed by atoms with Crippen LogP contribution in [0.3, 0.4) is 0 Å². The SMILES string of the molecule is O=C1C=C/C(=C(\c2ccc([O-])cn2)c2ccccc2C(=O)[O-])N=C1.[Na+].[Na+]. The van der Waals surface area contributed by atoms with Crippen molar-refractivity contribution in [2.75, 3.05) is 0 Å². The van der Waals surface area contributed by atoms with E-state index < -0.39 is 5.97 Å². The molecule has 0 N–H and O–H groups in total. The van der Waals surface area contributed by atoms with Crippen molar-refractivity contribution < 1.29 is 78.9 Å². The number of carbonyl (C=O) groups excluding carboxylic acids is 2. The predicted molar refractivity (Wildman–Crippen MR) is 83.1 cm³/mol. The number of carbonyl (C=O) groups is 2. The number of ketones is 1. The molecule has 0 fully saturated rings. The predicted octanol–water partition coefficient (Wildman–Crippen LogP) is -5.50. The Balaban J connectivity index is 0.00000169. The smallest absolute Gasteiger partial charge is 0.871 e. The van der Waals surface area contributed by atoms with Gasteiger partial charge in [-0.25, -0.2) is 0 Å². The number of carboxylic acids is 1. The van der Waals surface area contributed by atoms with Crippen LogP contribution in [0, 0.1) is 0 Å². The van der Waals surface area contributed by atoms with E-state index in [1.807, 2.05) is 0 Å². The third-order valence-corrected chi connectivity index (χ3v) is 3.40. The van der Waals surface area contributed by atoms with Crippen LogP contribution >= 0.6 is 0 Å². The van der Waals surface area contributed by atoms with E-state index in [0.29, 0.717) is 22.5 Å². The van der Waals surface area contributed by atoms with E-state index in [4.69, 9.17) is 0 Å². The van der Waals surface area contributed by atoms with Crippen molar-refractivity contribution in [2.24, 2.45) is 4.99 Å². The number of dihydropyridines is 1. The molecule has 0 unspecified atom stereocenters. The van der Waals surface area contributed by atoms with E-state index in [1.165, 1.54) is 30.4 Å². The fourth-order valence-electron chi connectivity index (χ4n) is 2.34. The van der Waals surface area contributed by atoms with Crippen molar-refractivity contribution in [3.05, 3.63) is 77.3 Å². The standard InChI is InChI=1S/C18H12N2O4.2Na/c21-11-5-7-15(19-9-11)17(16-8-6-12(22)10-20-16)13-3-1-2-4-14(13)18(23)24;;/h1-10,21H,(H,23,24);;/q;2*+1/p-2/b17-16+;;. The van der Waals surface area contributed by atoms with Crippen LogP contribution in [-0.4, -0.2) is 23.0 Å². The molecule has 0 saturated carbocycles. The molecule has 0 amide bonds. The largest absolute Gasteiger partial charge is 1.00 e. The van der Waals surface area contributed by atoms with Crippen LogP contribution in [0.5, 0.6) is 5.75 Å². The summed E-state index contributed by atoms with van der Waals surface area (Å²) in [6, 6.07) is 9.07. The molecule has 0 radical (unpaired) electrons. The molecule has 1 aliphatic heterocycles. The molecule has 0 bridgehead atoms. The third-order valence-electron chi connectivity index (χ3n) is 3.40. The maximum atomic E-state index is 11.4. The third kappa shape index (κ3) is 5.01. The van der Waals surface area contributed by atoms with Crippen molar-refractivity contribution in [3.63, 3.8) is 0 Å². The van der Waals surface area contributed by atoms with E-state index in [2.05, 4.69) is 9.98 Å². The normalized spacial score (nSPS) is 14.2. The second-order valence-corrected chi connectivity index (χ2v) is 4.97. The Morgan fingerprint density at radius 3 is 2.19 bits per heavy atom. The summed E-state index contributed by atoms with van der Waals surface area (Å²) < 4.78 is 0. The first kappa shape index (κ1) is 22.5. The van der Waals surface area contributed by atoms with Crippen molar-refractivity contribution in [2.45, 2.75) is 0 Å². The number of aromatic carboxylic acids is 1. The molecule has 6 nitrogen and oxygen atoms in total. The number of rotatable bonds is 3. The van der Waals surface area contributed by atoms with E-state index in [9.17, 15) is 19.8 Å². The summed E-state index contributed by atoms with van der Waals surface area (Å²) in [5, 5.41) is 22.7. The molecule has 1 aromatic carbocycles. The van der Waals surface area contributed by atoms with Crippen molar-refractivity contribution in [3.8, 4) is 5.75 Å². The molecule has 0 spiro atoms. The number of nitrogens with zero attached hydrogens (tertiary/aromatic N) is 2. The summed E-state index contributed by atoms with van der Waals surface area (Å²) in [5.74, 6) is -1.88. The molecular weight excluding hydrogens is 354 g/mol. The van der Waals surface area contributed by atoms with Gasteiger partial charge in [0.1, 0.15) is 0 Å². The second kappa shape index (κ2) is 9.97. The summed E-state index contributed by atoms with van der Waals surface area (Å²) in [6.45, 7) is 0. The van der Waals surface area contributed by atoms with E-state index >= 15 is 0 Å². The quantitative estimate of drug-likeness (QED) is 0.505. The Morgan fingerprint density at radius 2 is 1.65 bits per heavy atom. The molecule has 1 aliphatic rings. The van der Waals surface area contributed by atoms with Crippen LogP contribution in [0.1, 0.15) is 21.6 Å². The van der Waals surface area contributed by atoms with Gasteiger partial charge in [0.25, 0.3) is 0 Å². The summed E-state index contributed by atoms with van der Waals surface area (Å²) >= 11 is 0. The van der Waals surface area contributed by atoms with Gasteiger partial charge in [-0.1, -0.05) is 36.1 Å². The molecule has 0 aliphatic carbocycles. The number of carboxylic acid groups (broad SMARTS) is 1. The van der Waals surface area contributed by atoms with Gasteiger partial charge in [-0.05, 0) is 23.8 Å². The molecule has 8 heteroatoms. The number of hydrogen-bond donors (Lipinski definition) is 0. The molecule has 3 rings (SSSR count). The van der Waals surface area contributed by atoms with Gasteiger partial charge in [-0.15, -0.1) is 0 Å². The molecule has 0 atom stereocenters. The van der Waals surface area contributed by atoms with Gasteiger partial charge in [-0.3, -0.25) is 14.8 Å². The van der Waals surface area contributed by atoms with Crippen LogP contribution in [0.2, 0.25) is 0 Å². The number of hydrogen-bond acceptors (Lipinski definition) is 6. The number of aromatic nitrogens is 1. The number of pyridine rings is 1. The van der Waals surface area contributed by atoms with Gasteiger partial charge in [0.15, 0.2) is 5.78 Å². The maximum absolute atomic E-state index is 11.4. The number of benzene rings is 1. The number of allylic oxidation sites excluding steroid dienone is 2. The van der Waals surface area contributed by atoms with E-state index in [1.54, 1.807) is 18.2 Å². The minimum absolute atomic E-state index is 0. The van der Waals surface area contributed by atoms with Gasteiger partial charge in [0.2, 0.25) is 0 Å². The van der Waals surface area contributed by atoms with Crippen molar-refractivity contribution in [1.82, 2.24) is 4.98 Å². The summed E-state index contributed by atoms with van der Waals surface area (Å²) in [5.41, 5.74) is 1.45. The van der Waals surface area contributed by atoms with Gasteiger partial charge in [0.05, 0.1) is 23.6 Å². The Hall–Kier alpha value is -1.54. The molecule has 26 heavy (non-hydrogen) atoms. The molecule has 2 heterocycles. The minimum Gasteiger partial charge on any atom is -0.871 e. The molecule has 0 saturated heterocycles. The van der Waals surface area contributed by atoms with Gasteiger partial charge in [0, 0.05) is 17.3 Å². The Labute approximate surface area is 194 Å². The first-order valence-corrected chi connectivity index (χ1v) is 7.01. The second-order valence-electron chi connectivity index (χ2n) is 4.97. The maximum Gasteiger partial charge on any atom is 1.00 e. The monoisotopic (exact) mass is 364 g/mol. The summed E-state index contributed by atoms with van der Waals surface area (Å²) in [7, 11) is 0. The van der Waals surface area contributed by atoms with Gasteiger partial charge < -0.3 is 15.0 Å². The first-order chi connectivity index (χ1) is 11.6. The zero-order valence-corrected chi connectivity index (χ0v) is 18.3. The molecule has 2 aromatic rings. The zero-order chi connectivity index (χ0) is 17.1. The van der Waals surface area contributed by atoms with E-state index in [0.717, 1.165) is 12.4 Å². The summed E-state index contributed by atoms with van der Waals surface area (Å²) in [6.07, 6.45) is 5.08. The molecular formula is C18H10N2Na2O4. The Kier molecular flexibility index (Phi) is 8.62. The average molecular weight is 364 g/mol.